The zero-order valence-electron chi connectivity index (χ0n) is 14.3. The van der Waals surface area contributed by atoms with Gasteiger partial charge in [-0.1, -0.05) is 68.2 Å². The van der Waals surface area contributed by atoms with E-state index in [1.165, 1.54) is 28.1 Å². The average molecular weight is 324 g/mol. The van der Waals surface area contributed by atoms with E-state index >= 15 is 0 Å². The maximum absolute atomic E-state index is 5.95. The van der Waals surface area contributed by atoms with Crippen molar-refractivity contribution in [3.63, 3.8) is 0 Å². The maximum Gasteiger partial charge on any atom is 0.122 e. The van der Waals surface area contributed by atoms with Gasteiger partial charge in [-0.15, -0.1) is 0 Å². The lowest BCUT2D eigenvalue weighted by Crippen LogP contribution is -2.21. The van der Waals surface area contributed by atoms with E-state index in [4.69, 9.17) is 4.74 Å². The van der Waals surface area contributed by atoms with Crippen LogP contribution >= 0.6 is 0 Å². The lowest BCUT2D eigenvalue weighted by Gasteiger charge is -2.15. The van der Waals surface area contributed by atoms with E-state index in [-0.39, 0.29) is 0 Å². The van der Waals surface area contributed by atoms with Gasteiger partial charge in [-0.25, -0.2) is 0 Å². The van der Waals surface area contributed by atoms with E-state index in [1.54, 1.807) is 0 Å². The van der Waals surface area contributed by atoms with Gasteiger partial charge < -0.3 is 9.30 Å². The van der Waals surface area contributed by atoms with Gasteiger partial charge in [0.15, 0.2) is 0 Å². The molecule has 3 rings (SSSR count). The molecule has 0 aliphatic rings. The van der Waals surface area contributed by atoms with E-state index in [9.17, 15) is 0 Å². The van der Waals surface area contributed by atoms with Gasteiger partial charge in [0.2, 0.25) is 0 Å². The van der Waals surface area contributed by atoms with Crippen LogP contribution in [0, 0.1) is 0 Å². The van der Waals surface area contributed by atoms with Gasteiger partial charge in [-0.3, -0.25) is 0 Å². The first-order chi connectivity index (χ1) is 11.0. The van der Waals surface area contributed by atoms with Gasteiger partial charge in [0.25, 0.3) is 0 Å². The predicted molar refractivity (Wildman–Crippen MR) is 101 cm³/mol. The fourth-order valence-electron chi connectivity index (χ4n) is 2.74. The first-order valence-corrected chi connectivity index (χ1v) is 12.0. The van der Waals surface area contributed by atoms with E-state index < -0.39 is 8.07 Å². The number of rotatable bonds is 6. The topological polar surface area (TPSA) is 14.2 Å². The third kappa shape index (κ3) is 3.92. The first kappa shape index (κ1) is 16.0. The molecule has 0 amide bonds. The molecule has 0 N–H and O–H groups in total. The molecule has 0 saturated carbocycles. The first-order valence-electron chi connectivity index (χ1n) is 8.26. The second-order valence-electron chi connectivity index (χ2n) is 7.24. The zero-order valence-corrected chi connectivity index (χ0v) is 15.3. The predicted octanol–water partition coefficient (Wildman–Crippen LogP) is 5.62. The maximum atomic E-state index is 5.95. The molecular formula is C20H25NOSi. The molecule has 3 heteroatoms. The molecular weight excluding hydrogens is 298 g/mol. The van der Waals surface area contributed by atoms with Gasteiger partial charge in [0, 0.05) is 31.8 Å². The molecule has 0 atom stereocenters. The monoisotopic (exact) mass is 323 g/mol. The molecule has 0 aliphatic carbocycles. The Labute approximate surface area is 139 Å². The normalized spacial score (nSPS) is 12.0. The molecule has 0 saturated heterocycles. The van der Waals surface area contributed by atoms with Gasteiger partial charge in [0.05, 0.1) is 5.52 Å². The molecule has 0 radical (unpaired) electrons. The van der Waals surface area contributed by atoms with Crippen LogP contribution in [-0.4, -0.2) is 19.2 Å². The Morgan fingerprint density at radius 1 is 0.913 bits per heavy atom. The van der Waals surface area contributed by atoms with Crippen LogP contribution in [0.3, 0.4) is 0 Å². The number of para-hydroxylation sites is 1. The third-order valence-corrected chi connectivity index (χ3v) is 5.80. The fraction of sp³-hybridized carbons (Fsp3) is 0.300. The summed E-state index contributed by atoms with van der Waals surface area (Å²) in [5, 5.41) is 1.28. The molecule has 0 aliphatic heterocycles. The van der Waals surface area contributed by atoms with Crippen molar-refractivity contribution in [2.45, 2.75) is 32.4 Å². The van der Waals surface area contributed by atoms with Crippen molar-refractivity contribution >= 4 is 19.0 Å². The lowest BCUT2D eigenvalue weighted by molar-refractivity contribution is 0.0903. The van der Waals surface area contributed by atoms with Crippen LogP contribution in [0.15, 0.2) is 60.8 Å². The van der Waals surface area contributed by atoms with E-state index in [1.807, 2.05) is 0 Å². The van der Waals surface area contributed by atoms with Crippen molar-refractivity contribution in [3.05, 3.63) is 60.8 Å². The second-order valence-corrected chi connectivity index (χ2v) is 12.9. The highest BCUT2D eigenvalue weighted by Crippen LogP contribution is 2.30. The highest BCUT2D eigenvalue weighted by molar-refractivity contribution is 6.76. The number of ether oxygens (including phenoxy) is 1. The van der Waals surface area contributed by atoms with Crippen molar-refractivity contribution in [1.82, 2.24) is 4.57 Å². The molecule has 0 bridgehead atoms. The number of nitrogens with zero attached hydrogens (tertiary/aromatic N) is 1. The van der Waals surface area contributed by atoms with E-state index in [0.29, 0.717) is 6.73 Å². The summed E-state index contributed by atoms with van der Waals surface area (Å²) in [7, 11) is -1.03. The van der Waals surface area contributed by atoms with Crippen LogP contribution in [-0.2, 0) is 11.5 Å². The Hall–Kier alpha value is -1.84. The summed E-state index contributed by atoms with van der Waals surface area (Å²) in [5.74, 6) is 0. The van der Waals surface area contributed by atoms with Crippen LogP contribution < -0.4 is 0 Å². The number of hydrogen-bond donors (Lipinski definition) is 0. The summed E-state index contributed by atoms with van der Waals surface area (Å²) < 4.78 is 8.17. The molecule has 3 aromatic rings. The third-order valence-electron chi connectivity index (χ3n) is 4.10. The number of benzene rings is 2. The molecule has 120 valence electrons. The van der Waals surface area contributed by atoms with Gasteiger partial charge >= 0.3 is 0 Å². The quantitative estimate of drug-likeness (QED) is 0.424. The largest absolute Gasteiger partial charge is 0.361 e. The highest BCUT2D eigenvalue weighted by Gasteiger charge is 2.13. The van der Waals surface area contributed by atoms with Crippen LogP contribution in [0.5, 0.6) is 0 Å². The molecule has 0 spiro atoms. The van der Waals surface area contributed by atoms with Crippen molar-refractivity contribution in [3.8, 4) is 11.1 Å². The molecule has 1 aromatic heterocycles. The standard InChI is InChI=1S/C20H25NOSi/c1-23(2,3)14-13-22-16-21-15-19(17-9-5-4-6-10-17)18-11-7-8-12-20(18)21/h4-12,15H,13-14,16H2,1-3H3. The summed E-state index contributed by atoms with van der Waals surface area (Å²) in [6, 6.07) is 20.3. The van der Waals surface area contributed by atoms with Crippen molar-refractivity contribution in [2.75, 3.05) is 6.61 Å². The molecule has 0 unspecified atom stereocenters. The smallest absolute Gasteiger partial charge is 0.122 e. The van der Waals surface area contributed by atoms with E-state index in [2.05, 4.69) is 85.0 Å². The van der Waals surface area contributed by atoms with Crippen LogP contribution in [0.25, 0.3) is 22.0 Å². The minimum absolute atomic E-state index is 0.623. The molecule has 23 heavy (non-hydrogen) atoms. The zero-order chi connectivity index (χ0) is 16.3. The van der Waals surface area contributed by atoms with Gasteiger partial charge in [0.1, 0.15) is 6.73 Å². The average Bonchev–Trinajstić information content (AvgIpc) is 2.91. The number of aromatic nitrogens is 1. The molecule has 1 heterocycles. The molecule has 0 fully saturated rings. The Morgan fingerprint density at radius 2 is 1.61 bits per heavy atom. The summed E-state index contributed by atoms with van der Waals surface area (Å²) in [6.07, 6.45) is 2.22. The minimum Gasteiger partial charge on any atom is -0.361 e. The lowest BCUT2D eigenvalue weighted by atomic mass is 10.1. The van der Waals surface area contributed by atoms with Gasteiger partial charge in [-0.05, 0) is 17.7 Å². The number of fused-ring (bicyclic) bond motifs is 1. The Morgan fingerprint density at radius 3 is 2.35 bits per heavy atom. The molecule has 2 nitrogen and oxygen atoms in total. The number of hydrogen-bond acceptors (Lipinski definition) is 1. The van der Waals surface area contributed by atoms with Crippen molar-refractivity contribution < 1.29 is 4.74 Å². The summed E-state index contributed by atoms with van der Waals surface area (Å²) >= 11 is 0. The van der Waals surface area contributed by atoms with Crippen molar-refractivity contribution in [2.24, 2.45) is 0 Å². The summed E-state index contributed by atoms with van der Waals surface area (Å²) in [5.41, 5.74) is 3.76. The van der Waals surface area contributed by atoms with Crippen LogP contribution in [0.4, 0.5) is 0 Å². The minimum atomic E-state index is -1.03. The summed E-state index contributed by atoms with van der Waals surface area (Å²) in [4.78, 5) is 0. The highest BCUT2D eigenvalue weighted by atomic mass is 28.3. The van der Waals surface area contributed by atoms with Crippen LogP contribution in [0.2, 0.25) is 25.7 Å². The van der Waals surface area contributed by atoms with Crippen LogP contribution in [0.1, 0.15) is 0 Å². The second kappa shape index (κ2) is 6.73. The summed E-state index contributed by atoms with van der Waals surface area (Å²) in [6.45, 7) is 8.62. The Kier molecular flexibility index (Phi) is 4.69. The van der Waals surface area contributed by atoms with E-state index in [0.717, 1.165) is 6.61 Å². The van der Waals surface area contributed by atoms with Gasteiger partial charge in [-0.2, -0.15) is 0 Å². The Bertz CT molecular complexity index is 771. The SMILES string of the molecule is C[Si](C)(C)CCOCn1cc(-c2ccccc2)c2ccccc21. The van der Waals surface area contributed by atoms with Crippen molar-refractivity contribution in [1.29, 1.82) is 0 Å². The molecule has 2 aromatic carbocycles. The Balaban J connectivity index is 1.84. The fourth-order valence-corrected chi connectivity index (χ4v) is 3.50.